The molecule has 5 aromatic carbocycles. The molecule has 2 nitrogen and oxygen atoms in total. The van der Waals surface area contributed by atoms with E-state index in [9.17, 15) is 0 Å². The van der Waals surface area contributed by atoms with Gasteiger partial charge in [-0.2, -0.15) is 0 Å². The second-order valence-electron chi connectivity index (χ2n) is 8.04. The van der Waals surface area contributed by atoms with Crippen LogP contribution in [0.3, 0.4) is 0 Å². The molecular formula is C30H19ClN2. The third-order valence-corrected chi connectivity index (χ3v) is 6.20. The Morgan fingerprint density at radius 3 is 1.73 bits per heavy atom. The van der Waals surface area contributed by atoms with Crippen molar-refractivity contribution >= 4 is 33.1 Å². The summed E-state index contributed by atoms with van der Waals surface area (Å²) >= 11 is 6.28. The number of hydrogen-bond acceptors (Lipinski definition) is 2. The molecule has 6 rings (SSSR count). The SMILES string of the molecule is Clc1nc(-c2ccccc2)cc(-c2ccc(-c3cc4ccccc4c4ccccc34)cc2)n1. The Balaban J connectivity index is 1.45. The van der Waals surface area contributed by atoms with Crippen LogP contribution in [0.15, 0.2) is 115 Å². The Labute approximate surface area is 197 Å². The summed E-state index contributed by atoms with van der Waals surface area (Å²) < 4.78 is 0. The molecule has 0 aliphatic rings. The lowest BCUT2D eigenvalue weighted by Crippen LogP contribution is -1.92. The van der Waals surface area contributed by atoms with Gasteiger partial charge in [0.05, 0.1) is 11.4 Å². The van der Waals surface area contributed by atoms with Gasteiger partial charge in [-0.25, -0.2) is 9.97 Å². The summed E-state index contributed by atoms with van der Waals surface area (Å²) in [5.74, 6) is 0. The molecule has 3 heteroatoms. The third kappa shape index (κ3) is 3.65. The van der Waals surface area contributed by atoms with Crippen LogP contribution in [0.4, 0.5) is 0 Å². The van der Waals surface area contributed by atoms with Gasteiger partial charge in [0.25, 0.3) is 0 Å². The van der Waals surface area contributed by atoms with E-state index in [1.54, 1.807) is 0 Å². The zero-order valence-electron chi connectivity index (χ0n) is 17.7. The monoisotopic (exact) mass is 442 g/mol. The van der Waals surface area contributed by atoms with Gasteiger partial charge in [-0.3, -0.25) is 0 Å². The summed E-state index contributed by atoms with van der Waals surface area (Å²) in [6, 6.07) is 40.0. The smallest absolute Gasteiger partial charge is 0.218 e. The zero-order chi connectivity index (χ0) is 22.2. The highest BCUT2D eigenvalue weighted by molar-refractivity contribution is 6.28. The van der Waals surface area contributed by atoms with Crippen LogP contribution in [0, 0.1) is 0 Å². The molecule has 0 saturated heterocycles. The van der Waals surface area contributed by atoms with E-state index in [4.69, 9.17) is 11.6 Å². The van der Waals surface area contributed by atoms with Crippen LogP contribution in [0.2, 0.25) is 5.28 Å². The number of hydrogen-bond donors (Lipinski definition) is 0. The Morgan fingerprint density at radius 2 is 1.00 bits per heavy atom. The van der Waals surface area contributed by atoms with Crippen molar-refractivity contribution in [3.8, 4) is 33.6 Å². The minimum Gasteiger partial charge on any atom is -0.218 e. The van der Waals surface area contributed by atoms with Crippen molar-refractivity contribution < 1.29 is 0 Å². The van der Waals surface area contributed by atoms with Gasteiger partial charge in [-0.1, -0.05) is 103 Å². The lowest BCUT2D eigenvalue weighted by atomic mass is 9.93. The summed E-state index contributed by atoms with van der Waals surface area (Å²) in [4.78, 5) is 8.89. The maximum atomic E-state index is 6.28. The molecule has 1 aromatic heterocycles. The fourth-order valence-corrected chi connectivity index (χ4v) is 4.62. The van der Waals surface area contributed by atoms with Crippen molar-refractivity contribution in [1.82, 2.24) is 9.97 Å². The highest BCUT2D eigenvalue weighted by atomic mass is 35.5. The first-order valence-corrected chi connectivity index (χ1v) is 11.3. The Bertz CT molecular complexity index is 1610. The van der Waals surface area contributed by atoms with Gasteiger partial charge in [0.15, 0.2) is 0 Å². The van der Waals surface area contributed by atoms with E-state index in [0.29, 0.717) is 0 Å². The highest BCUT2D eigenvalue weighted by Crippen LogP contribution is 2.35. The van der Waals surface area contributed by atoms with Gasteiger partial charge in [0.1, 0.15) is 0 Å². The molecule has 33 heavy (non-hydrogen) atoms. The van der Waals surface area contributed by atoms with Gasteiger partial charge in [0.2, 0.25) is 5.28 Å². The zero-order valence-corrected chi connectivity index (χ0v) is 18.5. The third-order valence-electron chi connectivity index (χ3n) is 6.03. The predicted molar refractivity (Wildman–Crippen MR) is 138 cm³/mol. The van der Waals surface area contributed by atoms with E-state index in [0.717, 1.165) is 22.5 Å². The first kappa shape index (κ1) is 19.7. The van der Waals surface area contributed by atoms with Gasteiger partial charge in [-0.15, -0.1) is 0 Å². The van der Waals surface area contributed by atoms with Gasteiger partial charge < -0.3 is 0 Å². The van der Waals surface area contributed by atoms with Crippen molar-refractivity contribution in [2.45, 2.75) is 0 Å². The number of nitrogens with zero attached hydrogens (tertiary/aromatic N) is 2. The molecule has 0 aliphatic heterocycles. The molecule has 0 spiro atoms. The number of aromatic nitrogens is 2. The molecule has 0 unspecified atom stereocenters. The molecule has 0 atom stereocenters. The standard InChI is InChI=1S/C30H19ClN2/c31-30-32-28(21-8-2-1-3-9-21)19-29(33-30)22-16-14-20(15-17-22)27-18-23-10-4-5-11-24(23)25-12-6-7-13-26(25)27/h1-19H. The normalized spacial score (nSPS) is 11.2. The minimum absolute atomic E-state index is 0.246. The molecule has 0 N–H and O–H groups in total. The molecule has 0 amide bonds. The number of rotatable bonds is 3. The molecule has 1 heterocycles. The van der Waals surface area contributed by atoms with E-state index in [1.807, 2.05) is 36.4 Å². The van der Waals surface area contributed by atoms with E-state index in [1.165, 1.54) is 32.7 Å². The summed E-state index contributed by atoms with van der Waals surface area (Å²) in [7, 11) is 0. The summed E-state index contributed by atoms with van der Waals surface area (Å²) in [6.07, 6.45) is 0. The Morgan fingerprint density at radius 1 is 0.455 bits per heavy atom. The van der Waals surface area contributed by atoms with Crippen molar-refractivity contribution in [2.75, 3.05) is 0 Å². The average Bonchev–Trinajstić information content (AvgIpc) is 2.88. The van der Waals surface area contributed by atoms with Crippen molar-refractivity contribution in [2.24, 2.45) is 0 Å². The summed E-state index contributed by atoms with van der Waals surface area (Å²) in [5.41, 5.74) is 6.04. The first-order chi connectivity index (χ1) is 16.3. The van der Waals surface area contributed by atoms with Crippen molar-refractivity contribution in [3.05, 3.63) is 121 Å². The molecular weight excluding hydrogens is 424 g/mol. The molecule has 0 aliphatic carbocycles. The highest BCUT2D eigenvalue weighted by Gasteiger charge is 2.10. The maximum Gasteiger partial charge on any atom is 0.223 e. The first-order valence-electron chi connectivity index (χ1n) is 10.9. The minimum atomic E-state index is 0.246. The molecule has 156 valence electrons. The van der Waals surface area contributed by atoms with E-state index in [-0.39, 0.29) is 5.28 Å². The van der Waals surface area contributed by atoms with E-state index in [2.05, 4.69) is 88.8 Å². The second-order valence-corrected chi connectivity index (χ2v) is 8.38. The largest absolute Gasteiger partial charge is 0.223 e. The lowest BCUT2D eigenvalue weighted by Gasteiger charge is -2.12. The Hall–Kier alpha value is -4.01. The van der Waals surface area contributed by atoms with Crippen LogP contribution >= 0.6 is 11.6 Å². The molecule has 0 fully saturated rings. The van der Waals surface area contributed by atoms with Gasteiger partial charge in [-0.05, 0) is 56.4 Å². The van der Waals surface area contributed by atoms with Crippen LogP contribution in [0.5, 0.6) is 0 Å². The van der Waals surface area contributed by atoms with Crippen molar-refractivity contribution in [1.29, 1.82) is 0 Å². The molecule has 0 radical (unpaired) electrons. The number of benzene rings is 5. The molecule has 0 bridgehead atoms. The van der Waals surface area contributed by atoms with Crippen LogP contribution < -0.4 is 0 Å². The molecule has 0 saturated carbocycles. The van der Waals surface area contributed by atoms with Crippen LogP contribution in [0.1, 0.15) is 0 Å². The maximum absolute atomic E-state index is 6.28. The topological polar surface area (TPSA) is 25.8 Å². The molecule has 6 aromatic rings. The van der Waals surface area contributed by atoms with Gasteiger partial charge >= 0.3 is 0 Å². The predicted octanol–water partition coefficient (Wildman–Crippen LogP) is 8.44. The lowest BCUT2D eigenvalue weighted by molar-refractivity contribution is 1.18. The van der Waals surface area contributed by atoms with E-state index >= 15 is 0 Å². The number of halogens is 1. The summed E-state index contributed by atoms with van der Waals surface area (Å²) in [6.45, 7) is 0. The van der Waals surface area contributed by atoms with Gasteiger partial charge in [0, 0.05) is 11.1 Å². The summed E-state index contributed by atoms with van der Waals surface area (Å²) in [5, 5.41) is 5.28. The van der Waals surface area contributed by atoms with Crippen molar-refractivity contribution in [3.63, 3.8) is 0 Å². The second kappa shape index (κ2) is 8.16. The number of fused-ring (bicyclic) bond motifs is 3. The fourth-order valence-electron chi connectivity index (χ4n) is 4.44. The van der Waals surface area contributed by atoms with Crippen LogP contribution in [0.25, 0.3) is 55.2 Å². The quantitative estimate of drug-likeness (QED) is 0.203. The Kier molecular flexibility index (Phi) is 4.86. The fraction of sp³-hybridized carbons (Fsp3) is 0. The average molecular weight is 443 g/mol. The van der Waals surface area contributed by atoms with Crippen LogP contribution in [-0.2, 0) is 0 Å². The van der Waals surface area contributed by atoms with Crippen LogP contribution in [-0.4, -0.2) is 9.97 Å². The van der Waals surface area contributed by atoms with E-state index < -0.39 is 0 Å².